The summed E-state index contributed by atoms with van der Waals surface area (Å²) < 4.78 is 1.73. The molecule has 18 heavy (non-hydrogen) atoms. The minimum atomic E-state index is -0.892. The second kappa shape index (κ2) is 4.94. The molecule has 1 N–H and O–H groups in total. The molecule has 0 aliphatic rings. The Labute approximate surface area is 110 Å². The first-order valence-corrected chi connectivity index (χ1v) is 6.70. The van der Waals surface area contributed by atoms with Crippen LogP contribution in [0.4, 0.5) is 0 Å². The topological polar surface area (TPSA) is 55.1 Å². The van der Waals surface area contributed by atoms with Crippen LogP contribution >= 0.6 is 11.3 Å². The van der Waals surface area contributed by atoms with Crippen LogP contribution in [0.25, 0.3) is 0 Å². The molecule has 0 aliphatic carbocycles. The summed E-state index contributed by atoms with van der Waals surface area (Å²) in [7, 11) is 0. The van der Waals surface area contributed by atoms with Gasteiger partial charge in [-0.3, -0.25) is 0 Å². The monoisotopic (exact) mass is 264 g/mol. The molecule has 2 rings (SSSR count). The molecule has 0 aromatic carbocycles. The van der Waals surface area contributed by atoms with Crippen LogP contribution in [0.5, 0.6) is 0 Å². The van der Waals surface area contributed by atoms with Crippen LogP contribution in [-0.4, -0.2) is 20.6 Å². The molecule has 0 fully saturated rings. The van der Waals surface area contributed by atoms with Crippen LogP contribution in [0, 0.1) is 6.92 Å². The molecule has 0 saturated carbocycles. The molecule has 2 heterocycles. The zero-order valence-electron chi connectivity index (χ0n) is 10.7. The Hall–Kier alpha value is -1.62. The number of carbonyl (C=O) groups is 1. The predicted molar refractivity (Wildman–Crippen MR) is 71.4 cm³/mol. The van der Waals surface area contributed by atoms with Gasteiger partial charge in [0.25, 0.3) is 0 Å². The van der Waals surface area contributed by atoms with Crippen LogP contribution in [0.1, 0.15) is 46.5 Å². The van der Waals surface area contributed by atoms with Gasteiger partial charge in [-0.1, -0.05) is 13.8 Å². The lowest BCUT2D eigenvalue weighted by Gasteiger charge is -2.05. The van der Waals surface area contributed by atoms with Crippen molar-refractivity contribution in [2.45, 2.75) is 33.2 Å². The maximum atomic E-state index is 11.2. The van der Waals surface area contributed by atoms with E-state index in [-0.39, 0.29) is 0 Å². The molecule has 0 spiro atoms. The van der Waals surface area contributed by atoms with E-state index in [2.05, 4.69) is 18.8 Å². The highest BCUT2D eigenvalue weighted by Crippen LogP contribution is 2.20. The van der Waals surface area contributed by atoms with E-state index >= 15 is 0 Å². The molecular formula is C13H16N2O2S. The fourth-order valence-electron chi connectivity index (χ4n) is 1.84. The standard InChI is InChI=1S/C13H16N2O2S/c1-8(2)12-14-10(7-18-12)6-15-5-4-9(3)11(15)13(16)17/h4-5,7-8H,6H2,1-3H3,(H,16,17). The zero-order chi connectivity index (χ0) is 13.3. The molecule has 96 valence electrons. The SMILES string of the molecule is Cc1ccn(Cc2csc(C(C)C)n2)c1C(=O)O. The first-order valence-electron chi connectivity index (χ1n) is 5.82. The summed E-state index contributed by atoms with van der Waals surface area (Å²) in [4.78, 5) is 15.7. The molecule has 0 atom stereocenters. The minimum absolute atomic E-state index is 0.342. The van der Waals surface area contributed by atoms with E-state index in [9.17, 15) is 4.79 Å². The van der Waals surface area contributed by atoms with Gasteiger partial charge in [0, 0.05) is 17.5 Å². The van der Waals surface area contributed by atoms with Crippen molar-refractivity contribution in [3.05, 3.63) is 39.6 Å². The largest absolute Gasteiger partial charge is 0.477 e. The number of aromatic carboxylic acids is 1. The summed E-state index contributed by atoms with van der Waals surface area (Å²) in [5.74, 6) is -0.481. The zero-order valence-corrected chi connectivity index (χ0v) is 11.5. The Balaban J connectivity index is 2.26. The molecule has 0 saturated heterocycles. The summed E-state index contributed by atoms with van der Waals surface area (Å²) in [5.41, 5.74) is 2.04. The second-order valence-electron chi connectivity index (χ2n) is 4.61. The van der Waals surface area contributed by atoms with E-state index in [4.69, 9.17) is 5.11 Å². The van der Waals surface area contributed by atoms with Gasteiger partial charge in [-0.25, -0.2) is 9.78 Å². The highest BCUT2D eigenvalue weighted by Gasteiger charge is 2.14. The molecule has 0 amide bonds. The normalized spacial score (nSPS) is 11.1. The van der Waals surface area contributed by atoms with Crippen molar-refractivity contribution in [1.82, 2.24) is 9.55 Å². The van der Waals surface area contributed by atoms with Crippen molar-refractivity contribution >= 4 is 17.3 Å². The van der Waals surface area contributed by atoms with E-state index in [1.807, 2.05) is 11.4 Å². The maximum absolute atomic E-state index is 11.2. The summed E-state index contributed by atoms with van der Waals surface area (Å²) in [6, 6.07) is 1.82. The Morgan fingerprint density at radius 2 is 2.28 bits per heavy atom. The van der Waals surface area contributed by atoms with Crippen molar-refractivity contribution in [2.75, 3.05) is 0 Å². The number of hydrogen-bond donors (Lipinski definition) is 1. The number of aromatic nitrogens is 2. The van der Waals surface area contributed by atoms with Crippen molar-refractivity contribution in [2.24, 2.45) is 0 Å². The average molecular weight is 264 g/mol. The van der Waals surface area contributed by atoms with Gasteiger partial charge in [0.1, 0.15) is 5.69 Å². The number of thiazole rings is 1. The molecule has 2 aromatic rings. The van der Waals surface area contributed by atoms with Gasteiger partial charge in [-0.05, 0) is 18.6 Å². The Morgan fingerprint density at radius 3 is 2.83 bits per heavy atom. The van der Waals surface area contributed by atoms with E-state index in [1.54, 1.807) is 29.0 Å². The molecular weight excluding hydrogens is 248 g/mol. The van der Waals surface area contributed by atoms with Gasteiger partial charge in [-0.2, -0.15) is 0 Å². The minimum Gasteiger partial charge on any atom is -0.477 e. The smallest absolute Gasteiger partial charge is 0.352 e. The Kier molecular flexibility index (Phi) is 3.52. The molecule has 0 aliphatic heterocycles. The fourth-order valence-corrected chi connectivity index (χ4v) is 2.67. The third-order valence-electron chi connectivity index (χ3n) is 2.76. The molecule has 0 unspecified atom stereocenters. The Bertz CT molecular complexity index is 569. The van der Waals surface area contributed by atoms with Gasteiger partial charge in [-0.15, -0.1) is 11.3 Å². The van der Waals surface area contributed by atoms with Gasteiger partial charge >= 0.3 is 5.97 Å². The van der Waals surface area contributed by atoms with Crippen molar-refractivity contribution in [3.8, 4) is 0 Å². The lowest BCUT2D eigenvalue weighted by Crippen LogP contribution is -2.10. The van der Waals surface area contributed by atoms with E-state index in [0.717, 1.165) is 16.3 Å². The third kappa shape index (κ3) is 2.46. The molecule has 2 aromatic heterocycles. The first-order chi connectivity index (χ1) is 8.49. The lowest BCUT2D eigenvalue weighted by atomic mass is 10.2. The molecule has 4 nitrogen and oxygen atoms in total. The van der Waals surface area contributed by atoms with Crippen molar-refractivity contribution in [3.63, 3.8) is 0 Å². The number of rotatable bonds is 4. The predicted octanol–water partition coefficient (Wildman–Crippen LogP) is 3.12. The van der Waals surface area contributed by atoms with Gasteiger partial charge in [0.05, 0.1) is 17.2 Å². The number of hydrogen-bond acceptors (Lipinski definition) is 3. The molecule has 0 radical (unpaired) electrons. The number of carboxylic acid groups (broad SMARTS) is 1. The van der Waals surface area contributed by atoms with Gasteiger partial charge < -0.3 is 9.67 Å². The summed E-state index contributed by atoms with van der Waals surface area (Å²) in [5, 5.41) is 12.3. The summed E-state index contributed by atoms with van der Waals surface area (Å²) in [6.07, 6.45) is 1.80. The number of aryl methyl sites for hydroxylation is 1. The fraction of sp³-hybridized carbons (Fsp3) is 0.385. The third-order valence-corrected chi connectivity index (χ3v) is 3.96. The van der Waals surface area contributed by atoms with Crippen LogP contribution in [0.3, 0.4) is 0 Å². The highest BCUT2D eigenvalue weighted by molar-refractivity contribution is 7.09. The highest BCUT2D eigenvalue weighted by atomic mass is 32.1. The van der Waals surface area contributed by atoms with E-state index < -0.39 is 5.97 Å². The van der Waals surface area contributed by atoms with Crippen LogP contribution in [0.2, 0.25) is 0 Å². The van der Waals surface area contributed by atoms with Crippen LogP contribution in [0.15, 0.2) is 17.6 Å². The summed E-state index contributed by atoms with van der Waals surface area (Å²) in [6.45, 7) is 6.52. The number of carboxylic acids is 1. The maximum Gasteiger partial charge on any atom is 0.352 e. The van der Waals surface area contributed by atoms with Crippen molar-refractivity contribution < 1.29 is 9.90 Å². The Morgan fingerprint density at radius 1 is 1.56 bits per heavy atom. The molecule has 0 bridgehead atoms. The van der Waals surface area contributed by atoms with E-state index in [1.165, 1.54) is 0 Å². The van der Waals surface area contributed by atoms with Gasteiger partial charge in [0.2, 0.25) is 0 Å². The first kappa shape index (κ1) is 12.8. The van der Waals surface area contributed by atoms with Crippen LogP contribution < -0.4 is 0 Å². The summed E-state index contributed by atoms with van der Waals surface area (Å²) >= 11 is 1.63. The van der Waals surface area contributed by atoms with Crippen LogP contribution in [-0.2, 0) is 6.54 Å². The van der Waals surface area contributed by atoms with E-state index in [0.29, 0.717) is 18.2 Å². The average Bonchev–Trinajstić information content (AvgIpc) is 2.86. The quantitative estimate of drug-likeness (QED) is 0.923. The van der Waals surface area contributed by atoms with Gasteiger partial charge in [0.15, 0.2) is 0 Å². The molecule has 5 heteroatoms. The lowest BCUT2D eigenvalue weighted by molar-refractivity contribution is 0.0685. The second-order valence-corrected chi connectivity index (χ2v) is 5.50. The number of nitrogens with zero attached hydrogens (tertiary/aromatic N) is 2. The van der Waals surface area contributed by atoms with Crippen molar-refractivity contribution in [1.29, 1.82) is 0 Å².